The first kappa shape index (κ1) is 16.4. The summed E-state index contributed by atoms with van der Waals surface area (Å²) in [6, 6.07) is 3.72. The number of benzene rings is 1. The smallest absolute Gasteiger partial charge is 0.412 e. The van der Waals surface area contributed by atoms with Gasteiger partial charge in [-0.05, 0) is 39.0 Å². The second-order valence-corrected chi connectivity index (χ2v) is 5.39. The van der Waals surface area contributed by atoms with E-state index in [2.05, 4.69) is 5.32 Å². The van der Waals surface area contributed by atoms with Gasteiger partial charge in [-0.2, -0.15) is 0 Å². The van der Waals surface area contributed by atoms with Crippen LogP contribution in [0.25, 0.3) is 0 Å². The van der Waals surface area contributed by atoms with Crippen LogP contribution in [0.5, 0.6) is 0 Å². The van der Waals surface area contributed by atoms with Crippen molar-refractivity contribution in [1.29, 1.82) is 0 Å². The Morgan fingerprint density at radius 1 is 1.30 bits per heavy atom. The van der Waals surface area contributed by atoms with E-state index < -0.39 is 23.9 Å². The number of alkyl halides is 2. The normalized spacial score (nSPS) is 11.3. The lowest BCUT2D eigenvalue weighted by Gasteiger charge is -2.19. The molecule has 0 spiro atoms. The molecule has 1 N–H and O–H groups in total. The van der Waals surface area contributed by atoms with Crippen molar-refractivity contribution in [2.24, 2.45) is 0 Å². The molecule has 0 aromatic heterocycles. The number of nitrogens with one attached hydrogen (secondary N) is 1. The van der Waals surface area contributed by atoms with E-state index in [1.54, 1.807) is 20.8 Å². The van der Waals surface area contributed by atoms with Gasteiger partial charge in [-0.15, -0.1) is 0 Å². The van der Waals surface area contributed by atoms with Crippen molar-refractivity contribution >= 4 is 29.2 Å². The highest BCUT2D eigenvalue weighted by Gasteiger charge is 2.22. The van der Waals surface area contributed by atoms with Gasteiger partial charge in [-0.25, -0.2) is 13.6 Å². The first-order chi connectivity index (χ1) is 9.10. The summed E-state index contributed by atoms with van der Waals surface area (Å²) in [6.45, 7) is 5.04. The van der Waals surface area contributed by atoms with Crippen molar-refractivity contribution < 1.29 is 23.1 Å². The van der Waals surface area contributed by atoms with Gasteiger partial charge < -0.3 is 4.74 Å². The molecule has 0 bridgehead atoms. The molecule has 1 rings (SSSR count). The Balaban J connectivity index is 2.91. The maximum absolute atomic E-state index is 12.4. The number of amides is 1. The van der Waals surface area contributed by atoms with Crippen molar-refractivity contribution in [3.63, 3.8) is 0 Å². The predicted molar refractivity (Wildman–Crippen MR) is 71.6 cm³/mol. The molecule has 4 nitrogen and oxygen atoms in total. The molecule has 7 heteroatoms. The number of ether oxygens (including phenoxy) is 1. The molecule has 0 atom stereocenters. The minimum Gasteiger partial charge on any atom is -0.444 e. The molecule has 1 aromatic carbocycles. The zero-order chi connectivity index (χ0) is 15.5. The van der Waals surface area contributed by atoms with E-state index in [9.17, 15) is 18.4 Å². The summed E-state index contributed by atoms with van der Waals surface area (Å²) in [5, 5.41) is 2.24. The molecular formula is C13H14ClF2NO3. The summed E-state index contributed by atoms with van der Waals surface area (Å²) in [5.74, 6) is -1.40. The van der Waals surface area contributed by atoms with Crippen LogP contribution in [-0.2, 0) is 4.74 Å². The molecule has 20 heavy (non-hydrogen) atoms. The SMILES string of the molecule is CC(C)(C)OC(=O)Nc1ccc(Cl)c(C(=O)C(F)F)c1. The van der Waals surface area contributed by atoms with E-state index in [0.717, 1.165) is 6.07 Å². The van der Waals surface area contributed by atoms with Gasteiger partial charge in [0.15, 0.2) is 0 Å². The fraction of sp³-hybridized carbons (Fsp3) is 0.385. The van der Waals surface area contributed by atoms with Crippen LogP contribution in [-0.4, -0.2) is 23.9 Å². The fourth-order valence-corrected chi connectivity index (χ4v) is 1.54. The Kier molecular flexibility index (Phi) is 5.05. The number of ketones is 1. The Labute approximate surface area is 120 Å². The monoisotopic (exact) mass is 305 g/mol. The van der Waals surface area contributed by atoms with Crippen molar-refractivity contribution in [2.75, 3.05) is 5.32 Å². The van der Waals surface area contributed by atoms with Crippen LogP contribution < -0.4 is 5.32 Å². The molecule has 0 fully saturated rings. The van der Waals surface area contributed by atoms with E-state index >= 15 is 0 Å². The lowest BCUT2D eigenvalue weighted by molar-refractivity contribution is 0.0634. The summed E-state index contributed by atoms with van der Waals surface area (Å²) in [6.07, 6.45) is -3.92. The van der Waals surface area contributed by atoms with Crippen LogP contribution in [0, 0.1) is 0 Å². The van der Waals surface area contributed by atoms with Gasteiger partial charge in [0.25, 0.3) is 0 Å². The molecule has 0 heterocycles. The maximum atomic E-state index is 12.4. The van der Waals surface area contributed by atoms with E-state index in [0.29, 0.717) is 0 Å². The second-order valence-electron chi connectivity index (χ2n) is 4.99. The van der Waals surface area contributed by atoms with Gasteiger partial charge in [0.05, 0.1) is 5.02 Å². The summed E-state index contributed by atoms with van der Waals surface area (Å²) in [5.41, 5.74) is -0.902. The third-order valence-corrected chi connectivity index (χ3v) is 2.40. The number of rotatable bonds is 3. The molecule has 0 saturated carbocycles. The number of carbonyl (C=O) groups excluding carboxylic acids is 2. The molecule has 0 unspecified atom stereocenters. The van der Waals surface area contributed by atoms with Crippen LogP contribution in [0.2, 0.25) is 5.02 Å². The topological polar surface area (TPSA) is 55.4 Å². The lowest BCUT2D eigenvalue weighted by Crippen LogP contribution is -2.27. The van der Waals surface area contributed by atoms with Gasteiger partial charge >= 0.3 is 12.5 Å². The van der Waals surface area contributed by atoms with Gasteiger partial charge in [0, 0.05) is 11.3 Å². The van der Waals surface area contributed by atoms with Crippen molar-refractivity contribution in [2.45, 2.75) is 32.8 Å². The third-order valence-electron chi connectivity index (χ3n) is 2.08. The highest BCUT2D eigenvalue weighted by Crippen LogP contribution is 2.23. The van der Waals surface area contributed by atoms with E-state index in [4.69, 9.17) is 16.3 Å². The van der Waals surface area contributed by atoms with E-state index in [1.807, 2.05) is 0 Å². The molecule has 0 aliphatic carbocycles. The molecule has 110 valence electrons. The van der Waals surface area contributed by atoms with Crippen molar-refractivity contribution in [3.8, 4) is 0 Å². The number of hydrogen-bond acceptors (Lipinski definition) is 3. The predicted octanol–water partition coefficient (Wildman–Crippen LogP) is 4.13. The van der Waals surface area contributed by atoms with Gasteiger partial charge in [0.2, 0.25) is 5.78 Å². The molecule has 0 radical (unpaired) electrons. The number of Topliss-reactive ketones (excluding diaryl/α,β-unsaturated/α-hetero) is 1. The third kappa shape index (κ3) is 4.77. The molecular weight excluding hydrogens is 292 g/mol. The number of hydrogen-bond donors (Lipinski definition) is 1. The Morgan fingerprint density at radius 3 is 2.40 bits per heavy atom. The Morgan fingerprint density at radius 2 is 1.90 bits per heavy atom. The molecule has 0 aliphatic rings. The zero-order valence-electron chi connectivity index (χ0n) is 11.2. The summed E-state index contributed by atoms with van der Waals surface area (Å²) in [4.78, 5) is 22.8. The zero-order valence-corrected chi connectivity index (χ0v) is 11.9. The minimum absolute atomic E-state index is 0.106. The summed E-state index contributed by atoms with van der Waals surface area (Å²) < 4.78 is 29.8. The number of halogens is 3. The standard InChI is InChI=1S/C13H14ClF2NO3/c1-13(2,3)20-12(19)17-7-4-5-9(14)8(6-7)10(18)11(15)16/h4-6,11H,1-3H3,(H,17,19). The highest BCUT2D eigenvalue weighted by molar-refractivity contribution is 6.34. The first-order valence-corrected chi connectivity index (χ1v) is 6.10. The lowest BCUT2D eigenvalue weighted by atomic mass is 10.1. The van der Waals surface area contributed by atoms with Gasteiger partial charge in [-0.3, -0.25) is 10.1 Å². The minimum atomic E-state index is -3.16. The average molecular weight is 306 g/mol. The maximum Gasteiger partial charge on any atom is 0.412 e. The fourth-order valence-electron chi connectivity index (χ4n) is 1.33. The van der Waals surface area contributed by atoms with Crippen molar-refractivity contribution in [3.05, 3.63) is 28.8 Å². The largest absolute Gasteiger partial charge is 0.444 e. The average Bonchev–Trinajstić information content (AvgIpc) is 2.28. The number of anilines is 1. The Hall–Kier alpha value is -1.69. The molecule has 1 aromatic rings. The van der Waals surface area contributed by atoms with Crippen LogP contribution in [0.3, 0.4) is 0 Å². The van der Waals surface area contributed by atoms with E-state index in [1.165, 1.54) is 12.1 Å². The Bertz CT molecular complexity index is 527. The molecule has 0 saturated heterocycles. The van der Waals surface area contributed by atoms with Crippen LogP contribution in [0.15, 0.2) is 18.2 Å². The second kappa shape index (κ2) is 6.17. The van der Waals surface area contributed by atoms with Gasteiger partial charge in [0.1, 0.15) is 5.60 Å². The van der Waals surface area contributed by atoms with Crippen LogP contribution in [0.4, 0.5) is 19.3 Å². The van der Waals surface area contributed by atoms with Gasteiger partial charge in [-0.1, -0.05) is 11.6 Å². The van der Waals surface area contributed by atoms with Crippen LogP contribution in [0.1, 0.15) is 31.1 Å². The highest BCUT2D eigenvalue weighted by atomic mass is 35.5. The summed E-state index contributed by atoms with van der Waals surface area (Å²) in [7, 11) is 0. The molecule has 0 aliphatic heterocycles. The molecule has 1 amide bonds. The number of carbonyl (C=O) groups is 2. The summed E-state index contributed by atoms with van der Waals surface area (Å²) >= 11 is 5.68. The quantitative estimate of drug-likeness (QED) is 0.854. The van der Waals surface area contributed by atoms with Crippen LogP contribution >= 0.6 is 11.6 Å². The first-order valence-electron chi connectivity index (χ1n) is 5.72. The van der Waals surface area contributed by atoms with Crippen molar-refractivity contribution in [1.82, 2.24) is 0 Å². The van der Waals surface area contributed by atoms with E-state index in [-0.39, 0.29) is 16.3 Å².